The third kappa shape index (κ3) is 4.53. The molecule has 1 aromatic rings. The molecular formula is C16H26N2O2. The molecule has 0 fully saturated rings. The van der Waals surface area contributed by atoms with Gasteiger partial charge in [0.15, 0.2) is 0 Å². The molecule has 0 saturated carbocycles. The lowest BCUT2D eigenvalue weighted by Crippen LogP contribution is -2.52. The van der Waals surface area contributed by atoms with Crippen LogP contribution in [0, 0.1) is 13.8 Å². The minimum atomic E-state index is -0.798. The van der Waals surface area contributed by atoms with E-state index < -0.39 is 5.54 Å². The van der Waals surface area contributed by atoms with Crippen LogP contribution >= 0.6 is 0 Å². The van der Waals surface area contributed by atoms with Crippen molar-refractivity contribution >= 4 is 5.91 Å². The molecule has 1 rings (SSSR count). The maximum absolute atomic E-state index is 11.9. The Bertz CT molecular complexity index is 436. The van der Waals surface area contributed by atoms with E-state index >= 15 is 0 Å². The summed E-state index contributed by atoms with van der Waals surface area (Å²) in [5, 5.41) is 2.83. The third-order valence-electron chi connectivity index (χ3n) is 3.33. The Balaban J connectivity index is 2.41. The van der Waals surface area contributed by atoms with Gasteiger partial charge in [0.25, 0.3) is 0 Å². The fourth-order valence-electron chi connectivity index (χ4n) is 2.18. The summed E-state index contributed by atoms with van der Waals surface area (Å²) in [5.74, 6) is 0.773. The topological polar surface area (TPSA) is 64.4 Å². The van der Waals surface area contributed by atoms with Gasteiger partial charge in [-0.25, -0.2) is 0 Å². The van der Waals surface area contributed by atoms with Crippen molar-refractivity contribution in [3.05, 3.63) is 29.3 Å². The number of para-hydroxylation sites is 1. The van der Waals surface area contributed by atoms with Gasteiger partial charge >= 0.3 is 0 Å². The maximum atomic E-state index is 11.9. The summed E-state index contributed by atoms with van der Waals surface area (Å²) in [4.78, 5) is 11.9. The molecule has 20 heavy (non-hydrogen) atoms. The molecule has 0 aliphatic rings. The van der Waals surface area contributed by atoms with Gasteiger partial charge in [0.1, 0.15) is 12.4 Å². The fraction of sp³-hybridized carbons (Fsp3) is 0.562. The molecule has 1 unspecified atom stereocenters. The molecule has 1 atom stereocenters. The van der Waals surface area contributed by atoms with Crippen LogP contribution < -0.4 is 15.8 Å². The summed E-state index contributed by atoms with van der Waals surface area (Å²) >= 11 is 0. The van der Waals surface area contributed by atoms with Crippen LogP contribution in [0.3, 0.4) is 0 Å². The Hall–Kier alpha value is -1.55. The average molecular weight is 278 g/mol. The molecule has 0 bridgehead atoms. The van der Waals surface area contributed by atoms with E-state index in [2.05, 4.69) is 5.32 Å². The largest absolute Gasteiger partial charge is 0.491 e. The van der Waals surface area contributed by atoms with Gasteiger partial charge in [-0.2, -0.15) is 0 Å². The van der Waals surface area contributed by atoms with Crippen LogP contribution in [0.25, 0.3) is 0 Å². The zero-order valence-electron chi connectivity index (χ0n) is 13.0. The van der Waals surface area contributed by atoms with E-state index in [1.54, 1.807) is 6.92 Å². The summed E-state index contributed by atoms with van der Waals surface area (Å²) in [5.41, 5.74) is 7.37. The smallest absolute Gasteiger partial charge is 0.239 e. The summed E-state index contributed by atoms with van der Waals surface area (Å²) < 4.78 is 5.74. The van der Waals surface area contributed by atoms with E-state index in [-0.39, 0.29) is 5.91 Å². The van der Waals surface area contributed by atoms with Crippen molar-refractivity contribution in [3.8, 4) is 5.75 Å². The molecule has 0 radical (unpaired) electrons. The van der Waals surface area contributed by atoms with Crippen LogP contribution in [-0.4, -0.2) is 24.6 Å². The summed E-state index contributed by atoms with van der Waals surface area (Å²) in [7, 11) is 0. The number of rotatable bonds is 7. The lowest BCUT2D eigenvalue weighted by atomic mass is 9.97. The fourth-order valence-corrected chi connectivity index (χ4v) is 2.18. The maximum Gasteiger partial charge on any atom is 0.239 e. The molecule has 0 saturated heterocycles. The Morgan fingerprint density at radius 3 is 2.50 bits per heavy atom. The first kappa shape index (κ1) is 16.5. The number of hydrogen-bond donors (Lipinski definition) is 2. The predicted octanol–water partition coefficient (Wildman–Crippen LogP) is 2.32. The quantitative estimate of drug-likeness (QED) is 0.752. The van der Waals surface area contributed by atoms with Crippen molar-refractivity contribution in [1.29, 1.82) is 0 Å². The number of benzene rings is 1. The third-order valence-corrected chi connectivity index (χ3v) is 3.33. The number of carbonyl (C=O) groups excluding carboxylic acids is 1. The number of nitrogens with one attached hydrogen (secondary N) is 1. The van der Waals surface area contributed by atoms with Crippen molar-refractivity contribution in [1.82, 2.24) is 5.32 Å². The van der Waals surface area contributed by atoms with E-state index in [0.29, 0.717) is 19.6 Å². The Morgan fingerprint density at radius 1 is 1.35 bits per heavy atom. The van der Waals surface area contributed by atoms with E-state index in [0.717, 1.165) is 23.3 Å². The van der Waals surface area contributed by atoms with Crippen LogP contribution in [0.15, 0.2) is 18.2 Å². The number of nitrogens with two attached hydrogens (primary N) is 1. The van der Waals surface area contributed by atoms with E-state index in [1.807, 2.05) is 39.0 Å². The van der Waals surface area contributed by atoms with E-state index in [1.165, 1.54) is 0 Å². The van der Waals surface area contributed by atoms with Crippen molar-refractivity contribution < 1.29 is 9.53 Å². The van der Waals surface area contributed by atoms with Crippen LogP contribution in [0.4, 0.5) is 0 Å². The van der Waals surface area contributed by atoms with Gasteiger partial charge in [0.05, 0.1) is 12.1 Å². The zero-order valence-corrected chi connectivity index (χ0v) is 13.0. The summed E-state index contributed by atoms with van der Waals surface area (Å²) in [6.45, 7) is 8.71. The molecule has 1 amide bonds. The van der Waals surface area contributed by atoms with Gasteiger partial charge in [-0.05, 0) is 38.3 Å². The molecule has 4 nitrogen and oxygen atoms in total. The lowest BCUT2D eigenvalue weighted by molar-refractivity contribution is -0.126. The average Bonchev–Trinajstić information content (AvgIpc) is 2.37. The molecule has 1 aromatic carbocycles. The van der Waals surface area contributed by atoms with Gasteiger partial charge in [-0.15, -0.1) is 0 Å². The molecule has 112 valence electrons. The molecule has 0 spiro atoms. The normalized spacial score (nSPS) is 13.7. The first-order valence-electron chi connectivity index (χ1n) is 7.14. The monoisotopic (exact) mass is 278 g/mol. The second-order valence-electron chi connectivity index (χ2n) is 5.49. The van der Waals surface area contributed by atoms with Crippen LogP contribution in [-0.2, 0) is 4.79 Å². The van der Waals surface area contributed by atoms with Crippen molar-refractivity contribution in [3.63, 3.8) is 0 Å². The molecule has 0 aliphatic carbocycles. The van der Waals surface area contributed by atoms with Crippen molar-refractivity contribution in [2.24, 2.45) is 5.73 Å². The van der Waals surface area contributed by atoms with E-state index in [4.69, 9.17) is 10.5 Å². The van der Waals surface area contributed by atoms with Crippen molar-refractivity contribution in [2.75, 3.05) is 13.2 Å². The van der Waals surface area contributed by atoms with Crippen LogP contribution in [0.2, 0.25) is 0 Å². The van der Waals surface area contributed by atoms with Crippen molar-refractivity contribution in [2.45, 2.75) is 46.1 Å². The highest BCUT2D eigenvalue weighted by Crippen LogP contribution is 2.21. The molecule has 3 N–H and O–H groups in total. The highest BCUT2D eigenvalue weighted by Gasteiger charge is 2.26. The molecular weight excluding hydrogens is 252 g/mol. The molecule has 0 heterocycles. The minimum absolute atomic E-state index is 0.121. The molecule has 0 aromatic heterocycles. The number of amides is 1. The number of aryl methyl sites for hydroxylation is 2. The lowest BCUT2D eigenvalue weighted by Gasteiger charge is -2.23. The van der Waals surface area contributed by atoms with Gasteiger partial charge in [-0.3, -0.25) is 4.79 Å². The first-order valence-corrected chi connectivity index (χ1v) is 7.14. The summed E-state index contributed by atoms with van der Waals surface area (Å²) in [6.07, 6.45) is 1.57. The van der Waals surface area contributed by atoms with Gasteiger partial charge in [0, 0.05) is 0 Å². The number of ether oxygens (including phenoxy) is 1. The standard InChI is InChI=1S/C16H26N2O2/c1-5-9-16(4,17)15(19)18-10-11-20-14-12(2)7-6-8-13(14)3/h6-8H,5,9-11,17H2,1-4H3,(H,18,19). The number of carbonyl (C=O) groups is 1. The SMILES string of the molecule is CCCC(C)(N)C(=O)NCCOc1c(C)cccc1C. The second-order valence-corrected chi connectivity index (χ2v) is 5.49. The highest BCUT2D eigenvalue weighted by atomic mass is 16.5. The van der Waals surface area contributed by atoms with E-state index in [9.17, 15) is 4.79 Å². The molecule has 4 heteroatoms. The van der Waals surface area contributed by atoms with Gasteiger partial charge in [-0.1, -0.05) is 31.5 Å². The Morgan fingerprint density at radius 2 is 1.95 bits per heavy atom. The zero-order chi connectivity index (χ0) is 15.2. The Kier molecular flexibility index (Phi) is 6.02. The first-order chi connectivity index (χ1) is 9.38. The number of hydrogen-bond acceptors (Lipinski definition) is 3. The minimum Gasteiger partial charge on any atom is -0.491 e. The molecule has 0 aliphatic heterocycles. The predicted molar refractivity (Wildman–Crippen MR) is 81.9 cm³/mol. The van der Waals surface area contributed by atoms with Crippen LogP contribution in [0.1, 0.15) is 37.8 Å². The highest BCUT2D eigenvalue weighted by molar-refractivity contribution is 5.85. The second kappa shape index (κ2) is 7.29. The van der Waals surface area contributed by atoms with Crippen LogP contribution in [0.5, 0.6) is 5.75 Å². The van der Waals surface area contributed by atoms with Gasteiger partial charge < -0.3 is 15.8 Å². The Labute approximate surface area is 121 Å². The summed E-state index contributed by atoms with van der Waals surface area (Å²) in [6, 6.07) is 6.03. The van der Waals surface area contributed by atoms with Gasteiger partial charge in [0.2, 0.25) is 5.91 Å².